The number of rotatable bonds is 4. The van der Waals surface area contributed by atoms with Crippen molar-refractivity contribution in [2.45, 2.75) is 12.2 Å². The van der Waals surface area contributed by atoms with Crippen molar-refractivity contribution in [1.29, 1.82) is 0 Å². The van der Waals surface area contributed by atoms with Crippen molar-refractivity contribution in [2.75, 3.05) is 5.33 Å². The third-order valence-corrected chi connectivity index (χ3v) is 3.24. The first kappa shape index (κ1) is 12.3. The molecule has 1 heterocycles. The lowest BCUT2D eigenvalue weighted by Gasteiger charge is -2.15. The average molecular weight is 297 g/mol. The summed E-state index contributed by atoms with van der Waals surface area (Å²) in [4.78, 5) is 0. The van der Waals surface area contributed by atoms with Gasteiger partial charge in [-0.15, -0.1) is 0 Å². The van der Waals surface area contributed by atoms with Crippen LogP contribution in [0, 0.1) is 0 Å². The molecule has 0 radical (unpaired) electrons. The smallest absolute Gasteiger partial charge is 0.109 e. The van der Waals surface area contributed by atoms with Gasteiger partial charge in [-0.3, -0.25) is 5.10 Å². The molecule has 0 saturated carbocycles. The van der Waals surface area contributed by atoms with Gasteiger partial charge in [0.1, 0.15) is 6.10 Å². The van der Waals surface area contributed by atoms with Crippen molar-refractivity contribution in [1.82, 2.24) is 10.2 Å². The summed E-state index contributed by atoms with van der Waals surface area (Å²) >= 11 is 3.14. The molecule has 90 valence electrons. The Morgan fingerprint density at radius 3 is 2.59 bits per heavy atom. The Morgan fingerprint density at radius 2 is 1.94 bits per heavy atom. The van der Waals surface area contributed by atoms with Gasteiger partial charge in [-0.25, -0.2) is 0 Å². The maximum Gasteiger partial charge on any atom is 0.109 e. The Labute approximate surface area is 107 Å². The predicted octanol–water partition coefficient (Wildman–Crippen LogP) is 1.87. The molecule has 0 fully saturated rings. The number of hydrogen-bond acceptors (Lipinski definition) is 3. The Hall–Kier alpha value is -1.17. The molecule has 0 bridgehead atoms. The fourth-order valence-electron chi connectivity index (χ4n) is 1.65. The van der Waals surface area contributed by atoms with Crippen LogP contribution in [0.2, 0.25) is 0 Å². The van der Waals surface area contributed by atoms with Gasteiger partial charge in [0.25, 0.3) is 0 Å². The van der Waals surface area contributed by atoms with Gasteiger partial charge in [-0.1, -0.05) is 46.3 Å². The predicted molar refractivity (Wildman–Crippen MR) is 68.8 cm³/mol. The Kier molecular flexibility index (Phi) is 3.93. The number of aromatic nitrogens is 2. The highest BCUT2D eigenvalue weighted by molar-refractivity contribution is 9.09. The molecule has 4 nitrogen and oxygen atoms in total. The third kappa shape index (κ3) is 2.57. The van der Waals surface area contributed by atoms with E-state index in [1.165, 1.54) is 0 Å². The molecule has 0 saturated heterocycles. The summed E-state index contributed by atoms with van der Waals surface area (Å²) in [6.07, 6.45) is -0.266. The molecule has 1 aromatic carbocycles. The number of H-pyrrole nitrogens is 1. The van der Waals surface area contributed by atoms with Gasteiger partial charge in [0.05, 0.1) is 18.0 Å². The van der Waals surface area contributed by atoms with Crippen molar-refractivity contribution in [2.24, 2.45) is 0 Å². The molecule has 2 unspecified atom stereocenters. The molecule has 2 atom stereocenters. The van der Waals surface area contributed by atoms with Gasteiger partial charge < -0.3 is 10.2 Å². The quantitative estimate of drug-likeness (QED) is 0.755. The van der Waals surface area contributed by atoms with Crippen LogP contribution in [0.15, 0.2) is 36.5 Å². The fraction of sp³-hybridized carbons (Fsp3) is 0.250. The maximum absolute atomic E-state index is 9.98. The zero-order chi connectivity index (χ0) is 12.3. The van der Waals surface area contributed by atoms with Gasteiger partial charge in [0.15, 0.2) is 0 Å². The molecule has 17 heavy (non-hydrogen) atoms. The Balaban J connectivity index is 2.35. The minimum Gasteiger partial charge on any atom is -0.389 e. The summed E-state index contributed by atoms with van der Waals surface area (Å²) in [5, 5.41) is 26.7. The molecule has 1 aromatic heterocycles. The van der Waals surface area contributed by atoms with E-state index in [4.69, 9.17) is 0 Å². The van der Waals surface area contributed by atoms with Crippen LogP contribution in [0.25, 0.3) is 11.3 Å². The van der Waals surface area contributed by atoms with Crippen LogP contribution in [0.5, 0.6) is 0 Å². The number of benzene rings is 1. The molecule has 2 aromatic rings. The number of aromatic amines is 1. The molecule has 0 spiro atoms. The van der Waals surface area contributed by atoms with E-state index in [0.717, 1.165) is 11.3 Å². The molecular weight excluding hydrogens is 284 g/mol. The summed E-state index contributed by atoms with van der Waals surface area (Å²) < 4.78 is 0. The molecule has 2 rings (SSSR count). The summed E-state index contributed by atoms with van der Waals surface area (Å²) in [5.74, 6) is 0. The van der Waals surface area contributed by atoms with Crippen LogP contribution in [-0.4, -0.2) is 31.8 Å². The van der Waals surface area contributed by atoms with Crippen LogP contribution in [0.1, 0.15) is 11.7 Å². The average Bonchev–Trinajstić information content (AvgIpc) is 2.87. The first-order chi connectivity index (χ1) is 8.24. The molecule has 0 aliphatic heterocycles. The summed E-state index contributed by atoms with van der Waals surface area (Å²) in [6.45, 7) is 0. The monoisotopic (exact) mass is 296 g/mol. The minimum absolute atomic E-state index is 0.313. The first-order valence-corrected chi connectivity index (χ1v) is 6.37. The summed E-state index contributed by atoms with van der Waals surface area (Å²) in [5.41, 5.74) is 2.27. The molecule has 0 amide bonds. The SMILES string of the molecule is OC(CBr)C(O)c1cn[nH]c1-c1ccccc1. The fourth-order valence-corrected chi connectivity index (χ4v) is 2.00. The molecule has 0 aliphatic rings. The number of hydrogen-bond donors (Lipinski definition) is 3. The lowest BCUT2D eigenvalue weighted by molar-refractivity contribution is 0.0346. The largest absolute Gasteiger partial charge is 0.389 e. The van der Waals surface area contributed by atoms with E-state index in [9.17, 15) is 10.2 Å². The summed E-state index contributed by atoms with van der Waals surface area (Å²) in [6, 6.07) is 9.58. The van der Waals surface area contributed by atoms with E-state index in [1.54, 1.807) is 6.20 Å². The first-order valence-electron chi connectivity index (χ1n) is 5.25. The summed E-state index contributed by atoms with van der Waals surface area (Å²) in [7, 11) is 0. The van der Waals surface area contributed by atoms with Gasteiger partial charge in [-0.05, 0) is 5.56 Å². The number of alkyl halides is 1. The van der Waals surface area contributed by atoms with E-state index in [-0.39, 0.29) is 0 Å². The lowest BCUT2D eigenvalue weighted by atomic mass is 10.0. The highest BCUT2D eigenvalue weighted by Gasteiger charge is 2.22. The second-order valence-corrected chi connectivity index (χ2v) is 4.38. The standard InChI is InChI=1S/C12H13BrN2O2/c13-6-10(16)12(17)9-7-14-15-11(9)8-4-2-1-3-5-8/h1-5,7,10,12,16-17H,6H2,(H,14,15). The van der Waals surface area contributed by atoms with E-state index >= 15 is 0 Å². The highest BCUT2D eigenvalue weighted by Crippen LogP contribution is 2.28. The van der Waals surface area contributed by atoms with E-state index in [2.05, 4.69) is 26.1 Å². The van der Waals surface area contributed by atoms with Gasteiger partial charge in [0, 0.05) is 10.9 Å². The zero-order valence-electron chi connectivity index (χ0n) is 9.05. The van der Waals surface area contributed by atoms with Crippen molar-refractivity contribution in [3.05, 3.63) is 42.1 Å². The minimum atomic E-state index is -0.955. The van der Waals surface area contributed by atoms with E-state index < -0.39 is 12.2 Å². The van der Waals surface area contributed by atoms with E-state index in [0.29, 0.717) is 10.9 Å². The normalized spacial score (nSPS) is 14.5. The van der Waals surface area contributed by atoms with Crippen molar-refractivity contribution < 1.29 is 10.2 Å². The van der Waals surface area contributed by atoms with Crippen molar-refractivity contribution in [3.8, 4) is 11.3 Å². The molecule has 5 heteroatoms. The lowest BCUT2D eigenvalue weighted by Crippen LogP contribution is -2.19. The van der Waals surface area contributed by atoms with Crippen LogP contribution in [0.4, 0.5) is 0 Å². The zero-order valence-corrected chi connectivity index (χ0v) is 10.6. The molecule has 0 aliphatic carbocycles. The van der Waals surface area contributed by atoms with Gasteiger partial charge in [0.2, 0.25) is 0 Å². The van der Waals surface area contributed by atoms with Crippen LogP contribution in [0.3, 0.4) is 0 Å². The van der Waals surface area contributed by atoms with Crippen molar-refractivity contribution in [3.63, 3.8) is 0 Å². The molecular formula is C12H13BrN2O2. The van der Waals surface area contributed by atoms with Crippen molar-refractivity contribution >= 4 is 15.9 Å². The highest BCUT2D eigenvalue weighted by atomic mass is 79.9. The number of halogens is 1. The van der Waals surface area contributed by atoms with Gasteiger partial charge in [-0.2, -0.15) is 5.10 Å². The number of nitrogens with zero attached hydrogens (tertiary/aromatic N) is 1. The third-order valence-electron chi connectivity index (χ3n) is 2.57. The molecule has 3 N–H and O–H groups in total. The Bertz CT molecular complexity index is 472. The van der Waals surface area contributed by atoms with Crippen LogP contribution < -0.4 is 0 Å². The van der Waals surface area contributed by atoms with E-state index in [1.807, 2.05) is 30.3 Å². The Morgan fingerprint density at radius 1 is 1.24 bits per heavy atom. The number of aliphatic hydroxyl groups is 2. The van der Waals surface area contributed by atoms with Gasteiger partial charge >= 0.3 is 0 Å². The second-order valence-electron chi connectivity index (χ2n) is 3.73. The van der Waals surface area contributed by atoms with Crippen LogP contribution in [-0.2, 0) is 0 Å². The number of nitrogens with one attached hydrogen (secondary N) is 1. The maximum atomic E-state index is 9.98. The second kappa shape index (κ2) is 5.44. The number of aliphatic hydroxyl groups excluding tert-OH is 2. The van der Waals surface area contributed by atoms with Crippen LogP contribution >= 0.6 is 15.9 Å². The topological polar surface area (TPSA) is 69.1 Å².